The van der Waals surface area contributed by atoms with E-state index in [-0.39, 0.29) is 29.1 Å². The largest absolute Gasteiger partial charge is 0.378 e. The Kier molecular flexibility index (Phi) is 6.54. The molecule has 0 spiro atoms. The second-order valence-electron chi connectivity index (χ2n) is 7.85. The quantitative estimate of drug-likeness (QED) is 0.650. The number of hydrogen-bond acceptors (Lipinski definition) is 5. The number of nitrogens with zero attached hydrogens (tertiary/aromatic N) is 1. The average molecular weight is 448 g/mol. The Morgan fingerprint density at radius 2 is 1.81 bits per heavy atom. The van der Waals surface area contributed by atoms with Crippen molar-refractivity contribution in [2.45, 2.75) is 36.6 Å². The lowest BCUT2D eigenvalue weighted by Gasteiger charge is -2.29. The first-order valence-corrected chi connectivity index (χ1v) is 11.9. The SMILES string of the molecule is O=C(CCc1ccc(S(=O)(=O)NC2CC2)cc1)Nc1ccc(N2CCOCC2)c(F)c1. The van der Waals surface area contributed by atoms with Gasteiger partial charge in [-0.2, -0.15) is 0 Å². The Morgan fingerprint density at radius 1 is 1.10 bits per heavy atom. The second-order valence-corrected chi connectivity index (χ2v) is 9.57. The molecule has 0 bridgehead atoms. The summed E-state index contributed by atoms with van der Waals surface area (Å²) in [7, 11) is -3.48. The molecule has 1 aliphatic carbocycles. The van der Waals surface area contributed by atoms with E-state index in [9.17, 15) is 17.6 Å². The molecule has 0 radical (unpaired) electrons. The van der Waals surface area contributed by atoms with Crippen LogP contribution in [0.2, 0.25) is 0 Å². The lowest BCUT2D eigenvalue weighted by atomic mass is 10.1. The number of morpholine rings is 1. The van der Waals surface area contributed by atoms with Gasteiger partial charge in [0.25, 0.3) is 0 Å². The van der Waals surface area contributed by atoms with Gasteiger partial charge in [-0.3, -0.25) is 4.79 Å². The third kappa shape index (κ3) is 5.81. The minimum Gasteiger partial charge on any atom is -0.378 e. The molecular formula is C22H26FN3O4S. The van der Waals surface area contributed by atoms with Gasteiger partial charge in [0, 0.05) is 31.2 Å². The summed E-state index contributed by atoms with van der Waals surface area (Å²) in [5, 5.41) is 2.72. The summed E-state index contributed by atoms with van der Waals surface area (Å²) in [6.07, 6.45) is 2.42. The highest BCUT2D eigenvalue weighted by Crippen LogP contribution is 2.24. The number of amides is 1. The summed E-state index contributed by atoms with van der Waals surface area (Å²) >= 11 is 0. The van der Waals surface area contributed by atoms with Gasteiger partial charge in [-0.1, -0.05) is 12.1 Å². The van der Waals surface area contributed by atoms with Gasteiger partial charge >= 0.3 is 0 Å². The first-order chi connectivity index (χ1) is 14.9. The van der Waals surface area contributed by atoms with Gasteiger partial charge < -0.3 is 15.0 Å². The molecule has 0 atom stereocenters. The van der Waals surface area contributed by atoms with Gasteiger partial charge in [0.1, 0.15) is 5.82 Å². The first-order valence-electron chi connectivity index (χ1n) is 10.4. The van der Waals surface area contributed by atoms with Crippen LogP contribution in [0, 0.1) is 5.82 Å². The van der Waals surface area contributed by atoms with Crippen LogP contribution in [0.15, 0.2) is 47.4 Å². The van der Waals surface area contributed by atoms with Crippen LogP contribution in [0.1, 0.15) is 24.8 Å². The number of ether oxygens (including phenoxy) is 1. The smallest absolute Gasteiger partial charge is 0.240 e. The van der Waals surface area contributed by atoms with Gasteiger partial charge in [0.05, 0.1) is 23.8 Å². The maximum atomic E-state index is 14.5. The van der Waals surface area contributed by atoms with E-state index in [1.807, 2.05) is 4.90 Å². The van der Waals surface area contributed by atoms with Crippen LogP contribution in [0.25, 0.3) is 0 Å². The lowest BCUT2D eigenvalue weighted by molar-refractivity contribution is -0.116. The summed E-state index contributed by atoms with van der Waals surface area (Å²) < 4.78 is 46.8. The maximum absolute atomic E-state index is 14.5. The van der Waals surface area contributed by atoms with E-state index in [1.54, 1.807) is 36.4 Å². The van der Waals surface area contributed by atoms with E-state index < -0.39 is 10.0 Å². The van der Waals surface area contributed by atoms with Crippen LogP contribution >= 0.6 is 0 Å². The zero-order chi connectivity index (χ0) is 21.8. The molecule has 1 saturated carbocycles. The lowest BCUT2D eigenvalue weighted by Crippen LogP contribution is -2.36. The van der Waals surface area contributed by atoms with Crippen molar-refractivity contribution in [2.75, 3.05) is 36.5 Å². The Bertz CT molecular complexity index is 1030. The van der Waals surface area contributed by atoms with E-state index in [2.05, 4.69) is 10.0 Å². The molecule has 2 N–H and O–H groups in total. The Balaban J connectivity index is 1.29. The van der Waals surface area contributed by atoms with Crippen LogP contribution in [-0.4, -0.2) is 46.7 Å². The van der Waals surface area contributed by atoms with Crippen molar-refractivity contribution in [3.8, 4) is 0 Å². The number of halogens is 1. The zero-order valence-electron chi connectivity index (χ0n) is 17.1. The van der Waals surface area contributed by atoms with Crippen molar-refractivity contribution in [2.24, 2.45) is 0 Å². The zero-order valence-corrected chi connectivity index (χ0v) is 18.0. The molecule has 2 aromatic rings. The number of benzene rings is 2. The summed E-state index contributed by atoms with van der Waals surface area (Å²) in [5.74, 6) is -0.609. The molecule has 2 fully saturated rings. The van der Waals surface area contributed by atoms with E-state index >= 15 is 0 Å². The molecular weight excluding hydrogens is 421 g/mol. The number of nitrogens with one attached hydrogen (secondary N) is 2. The van der Waals surface area contributed by atoms with E-state index in [1.165, 1.54) is 6.07 Å². The highest BCUT2D eigenvalue weighted by atomic mass is 32.2. The molecule has 1 saturated heterocycles. The molecule has 1 aliphatic heterocycles. The van der Waals surface area contributed by atoms with Crippen LogP contribution in [0.5, 0.6) is 0 Å². The third-order valence-corrected chi connectivity index (χ3v) is 6.89. The number of sulfonamides is 1. The molecule has 166 valence electrons. The number of hydrogen-bond donors (Lipinski definition) is 2. The molecule has 2 aliphatic rings. The van der Waals surface area contributed by atoms with Crippen molar-refractivity contribution < 1.29 is 22.3 Å². The number of carbonyl (C=O) groups excluding carboxylic acids is 1. The van der Waals surface area contributed by atoms with E-state index in [4.69, 9.17) is 4.74 Å². The standard InChI is InChI=1S/C22H26FN3O4S/c23-20-15-18(6-9-21(20)26-11-13-30-14-12-26)24-22(27)10-3-16-1-7-19(8-2-16)31(28,29)25-17-4-5-17/h1-2,6-9,15,17,25H,3-5,10-14H2,(H,24,27). The van der Waals surface area contributed by atoms with Gasteiger partial charge in [-0.15, -0.1) is 0 Å². The molecule has 7 nitrogen and oxygen atoms in total. The minimum atomic E-state index is -3.48. The molecule has 9 heteroatoms. The number of anilines is 2. The fraction of sp³-hybridized carbons (Fsp3) is 0.409. The first kappa shape index (κ1) is 21.7. The van der Waals surface area contributed by atoms with Gasteiger partial charge in [0.2, 0.25) is 15.9 Å². The second kappa shape index (κ2) is 9.33. The van der Waals surface area contributed by atoms with Crippen molar-refractivity contribution in [3.63, 3.8) is 0 Å². The van der Waals surface area contributed by atoms with Crippen molar-refractivity contribution in [1.82, 2.24) is 4.72 Å². The fourth-order valence-corrected chi connectivity index (χ4v) is 4.76. The monoisotopic (exact) mass is 447 g/mol. The summed E-state index contributed by atoms with van der Waals surface area (Å²) in [6.45, 7) is 2.42. The number of aryl methyl sites for hydroxylation is 1. The number of rotatable bonds is 8. The third-order valence-electron chi connectivity index (χ3n) is 5.36. The molecule has 0 aromatic heterocycles. The van der Waals surface area contributed by atoms with Gasteiger partial charge in [-0.05, 0) is 55.2 Å². The van der Waals surface area contributed by atoms with Crippen molar-refractivity contribution in [3.05, 3.63) is 53.8 Å². The normalized spacial score (nSPS) is 16.9. The molecule has 0 unspecified atom stereocenters. The predicted octanol–water partition coefficient (Wildman–Crippen LogP) is 2.67. The Labute approximate surface area is 181 Å². The van der Waals surface area contributed by atoms with Gasteiger partial charge in [-0.25, -0.2) is 17.5 Å². The van der Waals surface area contributed by atoms with E-state index in [0.717, 1.165) is 18.4 Å². The molecule has 2 aromatic carbocycles. The molecule has 4 rings (SSSR count). The highest BCUT2D eigenvalue weighted by molar-refractivity contribution is 7.89. The molecule has 31 heavy (non-hydrogen) atoms. The van der Waals surface area contributed by atoms with Crippen molar-refractivity contribution in [1.29, 1.82) is 0 Å². The van der Waals surface area contributed by atoms with Crippen LogP contribution in [0.3, 0.4) is 0 Å². The Hall–Kier alpha value is -2.49. The van der Waals surface area contributed by atoms with Crippen molar-refractivity contribution >= 4 is 27.3 Å². The summed E-state index contributed by atoms with van der Waals surface area (Å²) in [6, 6.07) is 11.3. The maximum Gasteiger partial charge on any atom is 0.240 e. The van der Waals surface area contributed by atoms with Gasteiger partial charge in [0.15, 0.2) is 0 Å². The fourth-order valence-electron chi connectivity index (χ4n) is 3.45. The van der Waals surface area contributed by atoms with Crippen LogP contribution in [-0.2, 0) is 26.0 Å². The van der Waals surface area contributed by atoms with E-state index in [0.29, 0.717) is 44.1 Å². The van der Waals surface area contributed by atoms with Crippen LogP contribution in [0.4, 0.5) is 15.8 Å². The van der Waals surface area contributed by atoms with Crippen LogP contribution < -0.4 is 14.9 Å². The summed E-state index contributed by atoms with van der Waals surface area (Å²) in [5.41, 5.74) is 1.77. The average Bonchev–Trinajstić information content (AvgIpc) is 3.57. The summed E-state index contributed by atoms with van der Waals surface area (Å²) in [4.78, 5) is 14.4. The molecule has 1 heterocycles. The number of carbonyl (C=O) groups is 1. The Morgan fingerprint density at radius 3 is 2.45 bits per heavy atom. The highest BCUT2D eigenvalue weighted by Gasteiger charge is 2.27. The minimum absolute atomic E-state index is 0.0566. The topological polar surface area (TPSA) is 87.7 Å². The predicted molar refractivity (Wildman–Crippen MR) is 116 cm³/mol. The molecule has 1 amide bonds.